The number of rotatable bonds is 7. The molecule has 2 N–H and O–H groups in total. The van der Waals surface area contributed by atoms with Crippen molar-refractivity contribution in [1.29, 1.82) is 0 Å². The number of aliphatic hydroxyl groups is 1. The SMILES string of the molecule is CN(C)C1CCN(C(=O)c2ccc(O)cc2OC[C@H](O)CN2CCC3(CC2)OCc2cc(Cl)ccc23)C1. The lowest BCUT2D eigenvalue weighted by atomic mass is 9.84. The molecule has 2 fully saturated rings. The van der Waals surface area contributed by atoms with E-state index in [0.29, 0.717) is 43.6 Å². The molecule has 37 heavy (non-hydrogen) atoms. The number of aromatic hydroxyl groups is 1. The highest BCUT2D eigenvalue weighted by molar-refractivity contribution is 6.30. The van der Waals surface area contributed by atoms with E-state index in [0.717, 1.165) is 42.9 Å². The van der Waals surface area contributed by atoms with Crippen molar-refractivity contribution in [3.8, 4) is 11.5 Å². The summed E-state index contributed by atoms with van der Waals surface area (Å²) in [7, 11) is 4.04. The second kappa shape index (κ2) is 10.8. The van der Waals surface area contributed by atoms with E-state index in [-0.39, 0.29) is 23.9 Å². The molecule has 5 rings (SSSR count). The van der Waals surface area contributed by atoms with Crippen LogP contribution in [0.1, 0.15) is 40.7 Å². The van der Waals surface area contributed by atoms with E-state index in [1.807, 2.05) is 31.1 Å². The Kier molecular flexibility index (Phi) is 7.65. The fraction of sp³-hybridized carbons (Fsp3) is 0.536. The predicted molar refractivity (Wildman–Crippen MR) is 141 cm³/mol. The molecular weight excluding hydrogens is 494 g/mol. The molecule has 2 saturated heterocycles. The molecular formula is C28H36ClN3O5. The molecule has 3 heterocycles. The average Bonchev–Trinajstić information content (AvgIpc) is 3.50. The Balaban J connectivity index is 1.15. The Morgan fingerprint density at radius 2 is 2.00 bits per heavy atom. The number of hydrogen-bond acceptors (Lipinski definition) is 7. The summed E-state index contributed by atoms with van der Waals surface area (Å²) in [4.78, 5) is 19.4. The van der Waals surface area contributed by atoms with E-state index in [1.165, 1.54) is 17.7 Å². The molecule has 3 aliphatic heterocycles. The van der Waals surface area contributed by atoms with Gasteiger partial charge in [0.2, 0.25) is 0 Å². The number of halogens is 1. The van der Waals surface area contributed by atoms with Crippen molar-refractivity contribution in [2.45, 2.75) is 43.6 Å². The molecule has 8 nitrogen and oxygen atoms in total. The topological polar surface area (TPSA) is 85.7 Å². The third-order valence-electron chi connectivity index (χ3n) is 8.00. The van der Waals surface area contributed by atoms with E-state index in [4.69, 9.17) is 21.1 Å². The number of phenols is 1. The van der Waals surface area contributed by atoms with Crippen LogP contribution in [0.15, 0.2) is 36.4 Å². The van der Waals surface area contributed by atoms with Crippen LogP contribution >= 0.6 is 11.6 Å². The molecule has 0 saturated carbocycles. The number of carbonyl (C=O) groups excluding carboxylic acids is 1. The summed E-state index contributed by atoms with van der Waals surface area (Å²) < 4.78 is 12.1. The van der Waals surface area contributed by atoms with E-state index >= 15 is 0 Å². The molecule has 1 spiro atoms. The summed E-state index contributed by atoms with van der Waals surface area (Å²) in [6.07, 6.45) is 1.89. The number of amides is 1. The van der Waals surface area contributed by atoms with Gasteiger partial charge in [0.05, 0.1) is 17.8 Å². The minimum atomic E-state index is -0.736. The number of benzene rings is 2. The lowest BCUT2D eigenvalue weighted by Gasteiger charge is -2.39. The number of likely N-dealkylation sites (tertiary alicyclic amines) is 2. The fourth-order valence-corrected chi connectivity index (χ4v) is 5.99. The molecule has 2 atom stereocenters. The van der Waals surface area contributed by atoms with Crippen LogP contribution in [0.3, 0.4) is 0 Å². The molecule has 0 aromatic heterocycles. The number of fused-ring (bicyclic) bond motifs is 2. The number of nitrogens with zero attached hydrogens (tertiary/aromatic N) is 3. The standard InChI is InChI=1S/C28H36ClN3O5/c1-30(2)21-7-10-32(15-21)27(35)24-5-4-22(33)14-26(24)36-18-23(34)16-31-11-8-28(9-12-31)25-6-3-20(29)13-19(25)17-37-28/h3-6,13-14,21,23,33-34H,7-12,15-18H2,1-2H3/t21?,23-/m1/s1. The maximum absolute atomic E-state index is 13.2. The van der Waals surface area contributed by atoms with Gasteiger partial charge in [0.15, 0.2) is 0 Å². The highest BCUT2D eigenvalue weighted by Gasteiger charge is 2.42. The number of piperidine rings is 1. The van der Waals surface area contributed by atoms with Gasteiger partial charge in [-0.2, -0.15) is 0 Å². The third-order valence-corrected chi connectivity index (χ3v) is 8.24. The van der Waals surface area contributed by atoms with Gasteiger partial charge in [0, 0.05) is 49.9 Å². The molecule has 9 heteroatoms. The van der Waals surface area contributed by atoms with E-state index in [1.54, 1.807) is 6.07 Å². The summed E-state index contributed by atoms with van der Waals surface area (Å²) in [6, 6.07) is 10.9. The lowest BCUT2D eigenvalue weighted by molar-refractivity contribution is -0.0835. The molecule has 200 valence electrons. The first-order chi connectivity index (χ1) is 17.7. The zero-order valence-corrected chi connectivity index (χ0v) is 22.3. The van der Waals surface area contributed by atoms with Crippen LogP contribution < -0.4 is 4.74 Å². The zero-order chi connectivity index (χ0) is 26.2. The Morgan fingerprint density at radius 1 is 1.22 bits per heavy atom. The third kappa shape index (κ3) is 5.59. The van der Waals surface area contributed by atoms with Crippen molar-refractivity contribution in [2.75, 3.05) is 53.4 Å². The van der Waals surface area contributed by atoms with Crippen LogP contribution in [0.25, 0.3) is 0 Å². The number of hydrogen-bond donors (Lipinski definition) is 2. The van der Waals surface area contributed by atoms with Crippen LogP contribution in [-0.4, -0.2) is 96.4 Å². The first-order valence-corrected chi connectivity index (χ1v) is 13.4. The Hall–Kier alpha value is -2.36. The van der Waals surface area contributed by atoms with Crippen molar-refractivity contribution in [2.24, 2.45) is 0 Å². The van der Waals surface area contributed by atoms with Gasteiger partial charge >= 0.3 is 0 Å². The maximum Gasteiger partial charge on any atom is 0.257 e. The Labute approximate surface area is 223 Å². The summed E-state index contributed by atoms with van der Waals surface area (Å²) in [5.74, 6) is 0.200. The van der Waals surface area contributed by atoms with Gasteiger partial charge in [-0.3, -0.25) is 4.79 Å². The van der Waals surface area contributed by atoms with Crippen LogP contribution in [0.5, 0.6) is 11.5 Å². The molecule has 3 aliphatic rings. The number of phenolic OH excluding ortho intramolecular Hbond substituents is 1. The largest absolute Gasteiger partial charge is 0.508 e. The lowest BCUT2D eigenvalue weighted by Crippen LogP contribution is -2.46. The molecule has 2 aromatic rings. The van der Waals surface area contributed by atoms with Crippen LogP contribution in [0.4, 0.5) is 0 Å². The molecule has 0 radical (unpaired) electrons. The van der Waals surface area contributed by atoms with Crippen molar-refractivity contribution in [1.82, 2.24) is 14.7 Å². The first-order valence-electron chi connectivity index (χ1n) is 13.0. The molecule has 0 bridgehead atoms. The minimum Gasteiger partial charge on any atom is -0.508 e. The number of ether oxygens (including phenoxy) is 2. The van der Waals surface area contributed by atoms with E-state index in [9.17, 15) is 15.0 Å². The van der Waals surface area contributed by atoms with Gasteiger partial charge in [-0.05, 0) is 68.8 Å². The van der Waals surface area contributed by atoms with Gasteiger partial charge in [-0.25, -0.2) is 0 Å². The van der Waals surface area contributed by atoms with Crippen molar-refractivity contribution < 1.29 is 24.5 Å². The first kappa shape index (κ1) is 26.3. The Morgan fingerprint density at radius 3 is 2.73 bits per heavy atom. The summed E-state index contributed by atoms with van der Waals surface area (Å²) >= 11 is 6.15. The summed E-state index contributed by atoms with van der Waals surface area (Å²) in [5, 5.41) is 21.5. The fourth-order valence-electron chi connectivity index (χ4n) is 5.79. The highest BCUT2D eigenvalue weighted by Crippen LogP contribution is 2.44. The maximum atomic E-state index is 13.2. The van der Waals surface area contributed by atoms with Gasteiger partial charge in [0.25, 0.3) is 5.91 Å². The van der Waals surface area contributed by atoms with Crippen molar-refractivity contribution in [3.05, 3.63) is 58.1 Å². The van der Waals surface area contributed by atoms with Gasteiger partial charge in [-0.15, -0.1) is 0 Å². The van der Waals surface area contributed by atoms with Gasteiger partial charge < -0.3 is 34.4 Å². The number of aliphatic hydroxyl groups excluding tert-OH is 1. The summed E-state index contributed by atoms with van der Waals surface area (Å²) in [5.41, 5.74) is 2.53. The van der Waals surface area contributed by atoms with Crippen LogP contribution in [-0.2, 0) is 16.9 Å². The predicted octanol–water partition coefficient (Wildman–Crippen LogP) is 3.08. The number of likely N-dealkylation sites (N-methyl/N-ethyl adjacent to an activating group) is 1. The van der Waals surface area contributed by atoms with Crippen molar-refractivity contribution in [3.63, 3.8) is 0 Å². The average molecular weight is 530 g/mol. The zero-order valence-electron chi connectivity index (χ0n) is 21.5. The van der Waals surface area contributed by atoms with Crippen LogP contribution in [0, 0.1) is 0 Å². The van der Waals surface area contributed by atoms with Gasteiger partial charge in [0.1, 0.15) is 24.2 Å². The normalized spacial score (nSPS) is 22.0. The summed E-state index contributed by atoms with van der Waals surface area (Å²) in [6.45, 7) is 4.03. The quantitative estimate of drug-likeness (QED) is 0.570. The highest BCUT2D eigenvalue weighted by atomic mass is 35.5. The van der Waals surface area contributed by atoms with E-state index in [2.05, 4.69) is 15.9 Å². The van der Waals surface area contributed by atoms with Crippen LogP contribution in [0.2, 0.25) is 5.02 Å². The minimum absolute atomic E-state index is 0.0214. The number of carbonyl (C=O) groups is 1. The Bertz CT molecular complexity index is 1130. The molecule has 2 aromatic carbocycles. The van der Waals surface area contributed by atoms with E-state index < -0.39 is 6.10 Å². The monoisotopic (exact) mass is 529 g/mol. The van der Waals surface area contributed by atoms with Crippen molar-refractivity contribution >= 4 is 17.5 Å². The van der Waals surface area contributed by atoms with Gasteiger partial charge in [-0.1, -0.05) is 17.7 Å². The smallest absolute Gasteiger partial charge is 0.257 e. The second-order valence-corrected chi connectivity index (χ2v) is 11.1. The molecule has 0 aliphatic carbocycles. The molecule has 1 amide bonds. The second-order valence-electron chi connectivity index (χ2n) is 10.7. The molecule has 1 unspecified atom stereocenters. The number of β-amino-alcohol motifs (C(OH)–C–C–N with tert-alkyl or cyclic N) is 1.